The number of ether oxygens (including phenoxy) is 1. The fraction of sp³-hybridized carbons (Fsp3) is 0.192. The molecule has 3 aromatic carbocycles. The Morgan fingerprint density at radius 3 is 2.51 bits per heavy atom. The molecule has 0 aliphatic rings. The summed E-state index contributed by atoms with van der Waals surface area (Å²) in [6, 6.07) is 19.3. The third-order valence-corrected chi connectivity index (χ3v) is 5.71. The van der Waals surface area contributed by atoms with Gasteiger partial charge in [-0.3, -0.25) is 9.59 Å². The maximum atomic E-state index is 13.5. The number of aromatic nitrogens is 4. The summed E-state index contributed by atoms with van der Waals surface area (Å²) in [6.07, 6.45) is -4.70. The fourth-order valence-corrected chi connectivity index (χ4v) is 3.97. The van der Waals surface area contributed by atoms with Crippen LogP contribution in [0.2, 0.25) is 0 Å². The van der Waals surface area contributed by atoms with Crippen molar-refractivity contribution in [3.05, 3.63) is 84.3 Å². The Labute approximate surface area is 218 Å². The molecule has 0 spiro atoms. The van der Waals surface area contributed by atoms with Gasteiger partial charge in [0.2, 0.25) is 5.82 Å². The lowest BCUT2D eigenvalue weighted by Gasteiger charge is -2.10. The van der Waals surface area contributed by atoms with Crippen molar-refractivity contribution in [3.8, 4) is 5.75 Å². The molecule has 0 unspecified atom stereocenters. The number of amides is 2. The molecule has 13 heteroatoms. The molecule has 0 fully saturated rings. The number of hydrogen-bond donors (Lipinski definition) is 2. The van der Waals surface area contributed by atoms with Crippen LogP contribution in [0.15, 0.2) is 71.3 Å². The van der Waals surface area contributed by atoms with Crippen LogP contribution in [0.5, 0.6) is 5.75 Å². The van der Waals surface area contributed by atoms with E-state index in [1.165, 1.54) is 12.1 Å². The number of benzene rings is 3. The molecule has 2 amide bonds. The van der Waals surface area contributed by atoms with Crippen molar-refractivity contribution >= 4 is 33.6 Å². The largest absolute Gasteiger partial charge is 0.483 e. The molecule has 0 radical (unpaired) electrons. The van der Waals surface area contributed by atoms with Crippen LogP contribution in [0, 0.1) is 0 Å². The summed E-state index contributed by atoms with van der Waals surface area (Å²) in [5.74, 6) is -2.21. The number of rotatable bonds is 9. The second kappa shape index (κ2) is 10.8. The van der Waals surface area contributed by atoms with E-state index in [-0.39, 0.29) is 42.5 Å². The topological polar surface area (TPSA) is 124 Å². The molecule has 0 aliphatic heterocycles. The van der Waals surface area contributed by atoms with Crippen molar-refractivity contribution in [2.75, 3.05) is 19.7 Å². The van der Waals surface area contributed by atoms with Crippen LogP contribution in [-0.2, 0) is 17.5 Å². The summed E-state index contributed by atoms with van der Waals surface area (Å²) in [4.78, 5) is 32.0. The molecule has 0 atom stereocenters. The molecule has 2 aromatic heterocycles. The predicted octanol–water partition coefficient (Wildman–Crippen LogP) is 3.56. The summed E-state index contributed by atoms with van der Waals surface area (Å²) in [6.45, 7) is -0.474. The van der Waals surface area contributed by atoms with Crippen LogP contribution < -0.4 is 15.4 Å². The Kier molecular flexibility index (Phi) is 7.12. The van der Waals surface area contributed by atoms with Crippen molar-refractivity contribution in [1.29, 1.82) is 0 Å². The zero-order chi connectivity index (χ0) is 27.4. The first-order chi connectivity index (χ1) is 18.8. The van der Waals surface area contributed by atoms with Gasteiger partial charge in [-0.25, -0.2) is 4.98 Å². The molecule has 39 heavy (non-hydrogen) atoms. The number of fused-ring (bicyclic) bond motifs is 2. The Bertz CT molecular complexity index is 1640. The van der Waals surface area contributed by atoms with Gasteiger partial charge in [-0.15, -0.1) is 0 Å². The molecule has 10 nitrogen and oxygen atoms in total. The van der Waals surface area contributed by atoms with Gasteiger partial charge in [0.1, 0.15) is 5.75 Å². The number of hydrogen-bond acceptors (Lipinski definition) is 7. The van der Waals surface area contributed by atoms with Gasteiger partial charge in [0.25, 0.3) is 5.91 Å². The van der Waals surface area contributed by atoms with Gasteiger partial charge in [-0.05, 0) is 23.6 Å². The van der Waals surface area contributed by atoms with Crippen LogP contribution in [0.25, 0.3) is 21.8 Å². The highest BCUT2D eigenvalue weighted by molar-refractivity contribution is 5.90. The summed E-state index contributed by atoms with van der Waals surface area (Å²) in [7, 11) is 0. The maximum Gasteiger partial charge on any atom is 0.449 e. The number of para-hydroxylation sites is 2. The number of imidazole rings is 1. The van der Waals surface area contributed by atoms with Crippen LogP contribution in [-0.4, -0.2) is 51.2 Å². The molecule has 2 heterocycles. The van der Waals surface area contributed by atoms with E-state index >= 15 is 0 Å². The third-order valence-electron chi connectivity index (χ3n) is 5.71. The minimum atomic E-state index is -4.70. The van der Waals surface area contributed by atoms with E-state index in [2.05, 4.69) is 25.8 Å². The third kappa shape index (κ3) is 5.81. The van der Waals surface area contributed by atoms with E-state index in [0.717, 1.165) is 15.3 Å². The number of carbonyl (C=O) groups excluding carboxylic acids is 2. The first-order valence-electron chi connectivity index (χ1n) is 11.8. The number of halogens is 3. The van der Waals surface area contributed by atoms with Gasteiger partial charge in [0.05, 0.1) is 17.6 Å². The van der Waals surface area contributed by atoms with E-state index in [0.29, 0.717) is 5.75 Å². The molecule has 0 saturated heterocycles. The van der Waals surface area contributed by atoms with Gasteiger partial charge in [0, 0.05) is 18.5 Å². The highest BCUT2D eigenvalue weighted by Gasteiger charge is 2.38. The molecule has 5 aromatic rings. The van der Waals surface area contributed by atoms with Crippen LogP contribution in [0.3, 0.4) is 0 Å². The quantitative estimate of drug-likeness (QED) is 0.275. The smallest absolute Gasteiger partial charge is 0.449 e. The number of nitrogens with zero attached hydrogens (tertiary/aromatic N) is 4. The van der Waals surface area contributed by atoms with Gasteiger partial charge in [0.15, 0.2) is 12.4 Å². The normalized spacial score (nSPS) is 11.6. The summed E-state index contributed by atoms with van der Waals surface area (Å²) in [5.41, 5.74) is 0.400. The first kappa shape index (κ1) is 25.7. The molecular weight excluding hydrogens is 517 g/mol. The van der Waals surface area contributed by atoms with Gasteiger partial charge >= 0.3 is 18.0 Å². The maximum absolute atomic E-state index is 13.5. The SMILES string of the molecule is O=C(COc1cccc2ccccc12)NCCNC(=O)c1nc(Cn2c(C(F)(F)F)nc3ccccc32)no1. The molecule has 0 saturated carbocycles. The Hall–Kier alpha value is -4.94. The number of alkyl halides is 3. The molecule has 2 N–H and O–H groups in total. The van der Waals surface area contributed by atoms with Crippen molar-refractivity contribution < 1.29 is 32.0 Å². The second-order valence-electron chi connectivity index (χ2n) is 8.40. The molecule has 5 rings (SSSR count). The Balaban J connectivity index is 1.12. The number of carbonyl (C=O) groups is 2. The van der Waals surface area contributed by atoms with Crippen molar-refractivity contribution in [2.45, 2.75) is 12.7 Å². The van der Waals surface area contributed by atoms with E-state index in [9.17, 15) is 22.8 Å². The highest BCUT2D eigenvalue weighted by Crippen LogP contribution is 2.31. The van der Waals surface area contributed by atoms with Crippen LogP contribution in [0.4, 0.5) is 13.2 Å². The molecule has 0 aliphatic carbocycles. The average Bonchev–Trinajstić information content (AvgIpc) is 3.55. The monoisotopic (exact) mass is 538 g/mol. The molecular formula is C26H21F3N6O4. The minimum Gasteiger partial charge on any atom is -0.483 e. The van der Waals surface area contributed by atoms with E-state index in [1.54, 1.807) is 18.2 Å². The lowest BCUT2D eigenvalue weighted by molar-refractivity contribution is -0.146. The highest BCUT2D eigenvalue weighted by atomic mass is 19.4. The molecule has 200 valence electrons. The zero-order valence-corrected chi connectivity index (χ0v) is 20.2. The standard InChI is InChI=1S/C26H21F3N6O4/c27-26(28,29)25-32-18-9-3-4-10-19(18)35(25)14-21-33-24(39-34-21)23(37)31-13-12-30-22(36)15-38-20-11-5-7-16-6-1-2-8-17(16)20/h1-11H,12-15H2,(H,30,36)(H,31,37). The second-order valence-corrected chi connectivity index (χ2v) is 8.40. The fourth-order valence-electron chi connectivity index (χ4n) is 3.97. The Morgan fingerprint density at radius 2 is 1.67 bits per heavy atom. The van der Waals surface area contributed by atoms with Crippen molar-refractivity contribution in [3.63, 3.8) is 0 Å². The molecule has 0 bridgehead atoms. The van der Waals surface area contributed by atoms with E-state index in [4.69, 9.17) is 9.26 Å². The predicted molar refractivity (Wildman–Crippen MR) is 133 cm³/mol. The van der Waals surface area contributed by atoms with Crippen LogP contribution >= 0.6 is 0 Å². The van der Waals surface area contributed by atoms with E-state index in [1.807, 2.05) is 36.4 Å². The van der Waals surface area contributed by atoms with Crippen molar-refractivity contribution in [2.24, 2.45) is 0 Å². The average molecular weight is 538 g/mol. The van der Waals surface area contributed by atoms with Gasteiger partial charge < -0.3 is 24.5 Å². The van der Waals surface area contributed by atoms with Crippen molar-refractivity contribution in [1.82, 2.24) is 30.3 Å². The van der Waals surface area contributed by atoms with Gasteiger partial charge in [-0.1, -0.05) is 53.7 Å². The summed E-state index contributed by atoms with van der Waals surface area (Å²) in [5, 5.41) is 10.6. The minimum absolute atomic E-state index is 0.0426. The lowest BCUT2D eigenvalue weighted by Crippen LogP contribution is -2.36. The summed E-state index contributed by atoms with van der Waals surface area (Å²) < 4.78 is 52.0. The number of nitrogens with one attached hydrogen (secondary N) is 2. The zero-order valence-electron chi connectivity index (χ0n) is 20.2. The first-order valence-corrected chi connectivity index (χ1v) is 11.8. The lowest BCUT2D eigenvalue weighted by atomic mass is 10.1. The Morgan fingerprint density at radius 1 is 0.923 bits per heavy atom. The van der Waals surface area contributed by atoms with E-state index < -0.39 is 30.3 Å². The van der Waals surface area contributed by atoms with Crippen LogP contribution in [0.1, 0.15) is 22.3 Å². The van der Waals surface area contributed by atoms with Gasteiger partial charge in [-0.2, -0.15) is 18.2 Å². The summed E-state index contributed by atoms with van der Waals surface area (Å²) >= 11 is 0.